The molecule has 9 fully saturated rings. The van der Waals surface area contributed by atoms with Crippen LogP contribution in [0.1, 0.15) is 99.3 Å². The van der Waals surface area contributed by atoms with Crippen molar-refractivity contribution in [3.05, 3.63) is 28.3 Å². The highest BCUT2D eigenvalue weighted by Crippen LogP contribution is 2.65. The van der Waals surface area contributed by atoms with E-state index in [1.54, 1.807) is 22.3 Å². The molecule has 9 aliphatic rings. The quantitative estimate of drug-likeness (QED) is 0.453. The molecule has 1 saturated heterocycles. The van der Waals surface area contributed by atoms with E-state index in [0.29, 0.717) is 16.9 Å². The largest absolute Gasteiger partial charge is 0.490 e. The number of ether oxygens (including phenoxy) is 2. The minimum absolute atomic E-state index is 0.332. The predicted octanol–water partition coefficient (Wildman–Crippen LogP) is 7.02. The fourth-order valence-electron chi connectivity index (χ4n) is 11.4. The maximum atomic E-state index is 6.77. The van der Waals surface area contributed by atoms with E-state index in [1.165, 1.54) is 82.8 Å². The van der Waals surface area contributed by atoms with Gasteiger partial charge in [0.05, 0.1) is 6.61 Å². The molecule has 2 heteroatoms. The van der Waals surface area contributed by atoms with Gasteiger partial charge in [0.2, 0.25) is 0 Å². The minimum Gasteiger partial charge on any atom is -0.490 e. The molecular formula is C31H42O2. The molecule has 2 nitrogen and oxygen atoms in total. The molecule has 1 atom stereocenters. The molecule has 8 saturated carbocycles. The van der Waals surface area contributed by atoms with Crippen LogP contribution in [0.15, 0.2) is 6.07 Å². The molecule has 178 valence electrons. The molecule has 1 heterocycles. The van der Waals surface area contributed by atoms with E-state index in [-0.39, 0.29) is 0 Å². The summed E-state index contributed by atoms with van der Waals surface area (Å²) in [4.78, 5) is 0. The van der Waals surface area contributed by atoms with E-state index in [9.17, 15) is 0 Å². The van der Waals surface area contributed by atoms with Crippen LogP contribution in [0.2, 0.25) is 0 Å². The van der Waals surface area contributed by atoms with Crippen molar-refractivity contribution < 1.29 is 9.47 Å². The van der Waals surface area contributed by atoms with Gasteiger partial charge >= 0.3 is 0 Å². The topological polar surface area (TPSA) is 21.8 Å². The monoisotopic (exact) mass is 446 g/mol. The zero-order chi connectivity index (χ0) is 21.9. The first-order valence-electron chi connectivity index (χ1n) is 14.4. The number of hydrogen-bond acceptors (Lipinski definition) is 2. The maximum absolute atomic E-state index is 6.77. The molecule has 10 rings (SSSR count). The number of benzene rings is 1. The lowest BCUT2D eigenvalue weighted by molar-refractivity contribution is -0.00850. The van der Waals surface area contributed by atoms with E-state index in [4.69, 9.17) is 9.47 Å². The summed E-state index contributed by atoms with van der Waals surface area (Å²) in [7, 11) is 0. The molecule has 0 aromatic heterocycles. The Morgan fingerprint density at radius 1 is 0.727 bits per heavy atom. The highest BCUT2D eigenvalue weighted by Gasteiger charge is 2.55. The average Bonchev–Trinajstić information content (AvgIpc) is 3.56. The van der Waals surface area contributed by atoms with Gasteiger partial charge in [0.1, 0.15) is 18.5 Å². The molecule has 1 unspecified atom stereocenters. The first-order chi connectivity index (χ1) is 16.0. The Morgan fingerprint density at radius 2 is 1.18 bits per heavy atom. The highest BCUT2D eigenvalue weighted by atomic mass is 16.6. The lowest BCUT2D eigenvalue weighted by atomic mass is 9.46. The van der Waals surface area contributed by atoms with Gasteiger partial charge in [0.15, 0.2) is 0 Å². The standard InChI is InChI=1S/C31H42O2/c1-18-19(2)29(31-13-23-6-24(14-31)8-25(7-23)15-31)28(33-17-26-16-32-26)9-27(18)30-10-20-3-21(11-30)5-22(4-20)12-30/h9,20-26H,3-8,10-17H2,1-2H3. The maximum Gasteiger partial charge on any atom is 0.123 e. The van der Waals surface area contributed by atoms with Crippen LogP contribution in [-0.4, -0.2) is 19.3 Å². The summed E-state index contributed by atoms with van der Waals surface area (Å²) in [5, 5.41) is 0. The lowest BCUT2D eigenvalue weighted by Crippen LogP contribution is -2.50. The van der Waals surface area contributed by atoms with Crippen LogP contribution in [0, 0.1) is 49.4 Å². The summed E-state index contributed by atoms with van der Waals surface area (Å²) in [6, 6.07) is 2.62. The second-order valence-corrected chi connectivity index (χ2v) is 14.2. The summed E-state index contributed by atoms with van der Waals surface area (Å²) in [6.07, 6.45) is 18.0. The SMILES string of the molecule is Cc1c(C23CC4CC(CC(C4)C2)C3)cc(OCC2CO2)c(C23CC4CC(CC(C4)C2)C3)c1C. The van der Waals surface area contributed by atoms with E-state index in [0.717, 1.165) is 48.7 Å². The van der Waals surface area contributed by atoms with Crippen molar-refractivity contribution in [3.63, 3.8) is 0 Å². The van der Waals surface area contributed by atoms with Crippen LogP contribution in [0.4, 0.5) is 0 Å². The third kappa shape index (κ3) is 3.01. The summed E-state index contributed by atoms with van der Waals surface area (Å²) in [5.41, 5.74) is 7.42. The van der Waals surface area contributed by atoms with Crippen LogP contribution in [-0.2, 0) is 15.6 Å². The molecule has 0 amide bonds. The number of epoxide rings is 1. The van der Waals surface area contributed by atoms with Gasteiger partial charge in [-0.1, -0.05) is 0 Å². The second-order valence-electron chi connectivity index (χ2n) is 14.2. The van der Waals surface area contributed by atoms with Crippen LogP contribution in [0.5, 0.6) is 5.75 Å². The van der Waals surface area contributed by atoms with Gasteiger partial charge in [-0.25, -0.2) is 0 Å². The molecule has 1 aliphatic heterocycles. The summed E-state index contributed by atoms with van der Waals surface area (Å²) >= 11 is 0. The zero-order valence-electron chi connectivity index (χ0n) is 20.8. The second kappa shape index (κ2) is 6.80. The van der Waals surface area contributed by atoms with Crippen molar-refractivity contribution in [1.82, 2.24) is 0 Å². The Labute approximate surface area is 200 Å². The van der Waals surface area contributed by atoms with Crippen molar-refractivity contribution in [2.75, 3.05) is 13.2 Å². The molecule has 0 spiro atoms. The van der Waals surface area contributed by atoms with Crippen LogP contribution < -0.4 is 4.74 Å². The van der Waals surface area contributed by atoms with Crippen LogP contribution in [0.3, 0.4) is 0 Å². The third-order valence-corrected chi connectivity index (χ3v) is 11.9. The van der Waals surface area contributed by atoms with Crippen molar-refractivity contribution in [3.8, 4) is 5.75 Å². The van der Waals surface area contributed by atoms with E-state index >= 15 is 0 Å². The van der Waals surface area contributed by atoms with Gasteiger partial charge in [-0.2, -0.15) is 0 Å². The molecule has 1 aromatic rings. The minimum atomic E-state index is 0.332. The summed E-state index contributed by atoms with van der Waals surface area (Å²) < 4.78 is 12.3. The number of rotatable bonds is 5. The van der Waals surface area contributed by atoms with Crippen molar-refractivity contribution >= 4 is 0 Å². The Kier molecular flexibility index (Phi) is 4.16. The first kappa shape index (κ1) is 20.2. The van der Waals surface area contributed by atoms with Gasteiger partial charge in [0.25, 0.3) is 0 Å². The van der Waals surface area contributed by atoms with Gasteiger partial charge in [-0.3, -0.25) is 0 Å². The Hall–Kier alpha value is -1.02. The molecular weight excluding hydrogens is 404 g/mol. The van der Waals surface area contributed by atoms with Gasteiger partial charge < -0.3 is 9.47 Å². The fourth-order valence-corrected chi connectivity index (χ4v) is 11.4. The summed E-state index contributed by atoms with van der Waals surface area (Å²) in [5.74, 6) is 7.16. The normalized spacial score (nSPS) is 48.5. The number of hydrogen-bond donors (Lipinski definition) is 0. The highest BCUT2D eigenvalue weighted by molar-refractivity contribution is 5.56. The fraction of sp³-hybridized carbons (Fsp3) is 0.806. The molecule has 1 aromatic carbocycles. The smallest absolute Gasteiger partial charge is 0.123 e. The Morgan fingerprint density at radius 3 is 1.64 bits per heavy atom. The van der Waals surface area contributed by atoms with Crippen molar-refractivity contribution in [2.24, 2.45) is 35.5 Å². The van der Waals surface area contributed by atoms with Gasteiger partial charge in [-0.15, -0.1) is 0 Å². The van der Waals surface area contributed by atoms with Crippen LogP contribution >= 0.6 is 0 Å². The predicted molar refractivity (Wildman–Crippen MR) is 131 cm³/mol. The lowest BCUT2D eigenvalue weighted by Gasteiger charge is -2.59. The average molecular weight is 447 g/mol. The molecule has 0 N–H and O–H groups in total. The molecule has 0 radical (unpaired) electrons. The van der Waals surface area contributed by atoms with E-state index in [2.05, 4.69) is 19.9 Å². The molecule has 33 heavy (non-hydrogen) atoms. The van der Waals surface area contributed by atoms with Crippen molar-refractivity contribution in [2.45, 2.75) is 108 Å². The van der Waals surface area contributed by atoms with Gasteiger partial charge in [0, 0.05) is 11.0 Å². The molecule has 8 aliphatic carbocycles. The summed E-state index contributed by atoms with van der Waals surface area (Å²) in [6.45, 7) is 6.61. The van der Waals surface area contributed by atoms with E-state index in [1.807, 2.05) is 0 Å². The van der Waals surface area contributed by atoms with Gasteiger partial charge in [-0.05, 0) is 155 Å². The van der Waals surface area contributed by atoms with E-state index < -0.39 is 0 Å². The third-order valence-electron chi connectivity index (χ3n) is 11.9. The Bertz CT molecular complexity index is 915. The zero-order valence-corrected chi connectivity index (χ0v) is 20.8. The van der Waals surface area contributed by atoms with Crippen molar-refractivity contribution in [1.29, 1.82) is 0 Å². The van der Waals surface area contributed by atoms with Crippen LogP contribution in [0.25, 0.3) is 0 Å². The Balaban J connectivity index is 1.26. The molecule has 8 bridgehead atoms. The first-order valence-corrected chi connectivity index (χ1v) is 14.4.